The van der Waals surface area contributed by atoms with Crippen LogP contribution in [0.5, 0.6) is 5.75 Å². The van der Waals surface area contributed by atoms with Crippen molar-refractivity contribution < 1.29 is 19.3 Å². The third-order valence-electron chi connectivity index (χ3n) is 4.94. The van der Waals surface area contributed by atoms with Gasteiger partial charge in [0.05, 0.1) is 20.3 Å². The van der Waals surface area contributed by atoms with Gasteiger partial charge in [0.25, 0.3) is 0 Å². The summed E-state index contributed by atoms with van der Waals surface area (Å²) < 4.78 is 11.6. The summed E-state index contributed by atoms with van der Waals surface area (Å²) in [5, 5.41) is 0. The van der Waals surface area contributed by atoms with Crippen molar-refractivity contribution in [3.05, 3.63) is 29.3 Å². The highest BCUT2D eigenvalue weighted by Crippen LogP contribution is 2.27. The minimum atomic E-state index is 0.180. The van der Waals surface area contributed by atoms with Crippen LogP contribution < -0.4 is 14.5 Å². The number of hydrogen-bond donors (Lipinski definition) is 2. The summed E-state index contributed by atoms with van der Waals surface area (Å²) in [5.74, 6) is 0.972. The van der Waals surface area contributed by atoms with Crippen LogP contribution in [0.3, 0.4) is 0 Å². The molecule has 0 unspecified atom stereocenters. The van der Waals surface area contributed by atoms with Gasteiger partial charge in [-0.1, -0.05) is 32.9 Å². The highest BCUT2D eigenvalue weighted by Gasteiger charge is 2.19. The zero-order chi connectivity index (χ0) is 17.6. The average molecular weight is 337 g/mol. The van der Waals surface area contributed by atoms with E-state index in [0.29, 0.717) is 13.2 Å². The maximum Gasteiger partial charge on any atom is 0.127 e. The van der Waals surface area contributed by atoms with Crippen molar-refractivity contribution in [3.63, 3.8) is 0 Å². The Morgan fingerprint density at radius 3 is 2.33 bits per heavy atom. The van der Waals surface area contributed by atoms with Gasteiger partial charge in [0.2, 0.25) is 0 Å². The van der Waals surface area contributed by atoms with Crippen LogP contribution in [0.25, 0.3) is 0 Å². The molecule has 1 heterocycles. The van der Waals surface area contributed by atoms with Crippen molar-refractivity contribution in [1.82, 2.24) is 0 Å². The van der Waals surface area contributed by atoms with Gasteiger partial charge >= 0.3 is 0 Å². The van der Waals surface area contributed by atoms with E-state index in [4.69, 9.17) is 9.47 Å². The lowest BCUT2D eigenvalue weighted by Crippen LogP contribution is -3.27. The zero-order valence-corrected chi connectivity index (χ0v) is 16.2. The minimum absolute atomic E-state index is 0.180. The molecule has 136 valence electrons. The largest absolute Gasteiger partial charge is 0.491 e. The Morgan fingerprint density at radius 2 is 1.71 bits per heavy atom. The van der Waals surface area contributed by atoms with Gasteiger partial charge in [-0.15, -0.1) is 0 Å². The summed E-state index contributed by atoms with van der Waals surface area (Å²) in [6, 6.07) is 6.49. The molecule has 0 aliphatic carbocycles. The van der Waals surface area contributed by atoms with Gasteiger partial charge in [0, 0.05) is 0 Å². The first-order valence-corrected chi connectivity index (χ1v) is 9.33. The molecule has 2 N–H and O–H groups in total. The first-order valence-electron chi connectivity index (χ1n) is 9.33. The summed E-state index contributed by atoms with van der Waals surface area (Å²) in [6.07, 6.45) is 0. The quantitative estimate of drug-likeness (QED) is 0.691. The highest BCUT2D eigenvalue weighted by molar-refractivity contribution is 5.38. The fraction of sp³-hybridized carbons (Fsp3) is 0.700. The van der Waals surface area contributed by atoms with Crippen molar-refractivity contribution >= 4 is 0 Å². The third kappa shape index (κ3) is 6.08. The molecule has 1 aliphatic rings. The number of likely N-dealkylation sites (N-methyl/N-ethyl adjacent to an activating group) is 1. The predicted molar refractivity (Wildman–Crippen MR) is 98.4 cm³/mol. The predicted octanol–water partition coefficient (Wildman–Crippen LogP) is 0.101. The van der Waals surface area contributed by atoms with Crippen molar-refractivity contribution in [2.75, 3.05) is 59.6 Å². The number of rotatable bonds is 7. The SMILES string of the molecule is Cc1cc(C(C)(C)C)ccc1OCCOCC[NH+]1CC[NH+](C)CC1. The molecule has 0 bridgehead atoms. The van der Waals surface area contributed by atoms with Crippen LogP contribution in [0.15, 0.2) is 18.2 Å². The minimum Gasteiger partial charge on any atom is -0.491 e. The number of piperazine rings is 1. The smallest absolute Gasteiger partial charge is 0.127 e. The Hall–Kier alpha value is -1.10. The van der Waals surface area contributed by atoms with Gasteiger partial charge < -0.3 is 19.3 Å². The Labute approximate surface area is 147 Å². The molecule has 1 aromatic carbocycles. The molecule has 1 aromatic rings. The maximum absolute atomic E-state index is 5.88. The van der Waals surface area contributed by atoms with Crippen LogP contribution in [0.1, 0.15) is 31.9 Å². The molecular formula is C20H36N2O2+2. The lowest BCUT2D eigenvalue weighted by Gasteiger charge is -2.27. The molecule has 4 heteroatoms. The van der Waals surface area contributed by atoms with Gasteiger partial charge in [-0.05, 0) is 29.5 Å². The molecule has 24 heavy (non-hydrogen) atoms. The van der Waals surface area contributed by atoms with Crippen LogP contribution in [0.4, 0.5) is 0 Å². The van der Waals surface area contributed by atoms with Crippen molar-refractivity contribution in [1.29, 1.82) is 0 Å². The van der Waals surface area contributed by atoms with E-state index in [9.17, 15) is 0 Å². The summed E-state index contributed by atoms with van der Waals surface area (Å²) in [7, 11) is 2.28. The lowest BCUT2D eigenvalue weighted by molar-refractivity contribution is -1.00. The molecule has 0 amide bonds. The van der Waals surface area contributed by atoms with Crippen molar-refractivity contribution in [2.24, 2.45) is 0 Å². The molecule has 0 saturated carbocycles. The van der Waals surface area contributed by atoms with E-state index in [2.05, 4.69) is 52.9 Å². The first-order chi connectivity index (χ1) is 11.4. The van der Waals surface area contributed by atoms with Crippen molar-refractivity contribution in [2.45, 2.75) is 33.1 Å². The zero-order valence-electron chi connectivity index (χ0n) is 16.2. The van der Waals surface area contributed by atoms with Crippen LogP contribution in [0, 0.1) is 6.92 Å². The third-order valence-corrected chi connectivity index (χ3v) is 4.94. The van der Waals surface area contributed by atoms with Gasteiger partial charge in [-0.25, -0.2) is 0 Å². The second-order valence-corrected chi connectivity index (χ2v) is 8.15. The maximum atomic E-state index is 5.88. The number of ether oxygens (including phenoxy) is 2. The molecule has 1 aliphatic heterocycles. The normalized spacial score (nSPS) is 21.7. The van der Waals surface area contributed by atoms with E-state index in [1.54, 1.807) is 9.80 Å². The Morgan fingerprint density at radius 1 is 1.00 bits per heavy atom. The highest BCUT2D eigenvalue weighted by atomic mass is 16.5. The van der Waals surface area contributed by atoms with E-state index in [1.165, 1.54) is 37.3 Å². The van der Waals surface area contributed by atoms with E-state index in [1.807, 2.05) is 0 Å². The lowest BCUT2D eigenvalue weighted by atomic mass is 9.86. The van der Waals surface area contributed by atoms with Crippen LogP contribution in [0.2, 0.25) is 0 Å². The standard InChI is InChI=1S/C20H34N2O2/c1-17-16-18(20(2,3)4)6-7-19(17)24-15-14-23-13-12-22-10-8-21(5)9-11-22/h6-7,16H,8-15H2,1-5H3/p+2. The Kier molecular flexibility index (Phi) is 7.08. The van der Waals surface area contributed by atoms with Crippen LogP contribution in [-0.4, -0.2) is 59.6 Å². The average Bonchev–Trinajstić information content (AvgIpc) is 2.52. The summed E-state index contributed by atoms with van der Waals surface area (Å²) in [5.41, 5.74) is 2.73. The number of benzene rings is 1. The molecule has 0 atom stereocenters. The molecule has 1 saturated heterocycles. The number of quaternary nitrogens is 2. The Balaban J connectivity index is 1.62. The van der Waals surface area contributed by atoms with Gasteiger partial charge in [-0.3, -0.25) is 0 Å². The van der Waals surface area contributed by atoms with Gasteiger partial charge in [-0.2, -0.15) is 0 Å². The summed E-state index contributed by atoms with van der Waals surface area (Å²) >= 11 is 0. The van der Waals surface area contributed by atoms with Gasteiger partial charge in [0.15, 0.2) is 0 Å². The molecule has 1 fully saturated rings. The van der Waals surface area contributed by atoms with Crippen molar-refractivity contribution in [3.8, 4) is 5.75 Å². The second kappa shape index (κ2) is 8.84. The van der Waals surface area contributed by atoms with E-state index in [-0.39, 0.29) is 5.41 Å². The van der Waals surface area contributed by atoms with Crippen LogP contribution in [-0.2, 0) is 10.2 Å². The monoisotopic (exact) mass is 336 g/mol. The molecule has 4 nitrogen and oxygen atoms in total. The molecule has 0 radical (unpaired) electrons. The van der Waals surface area contributed by atoms with Crippen LogP contribution >= 0.6 is 0 Å². The number of aryl methyl sites for hydroxylation is 1. The Bertz CT molecular complexity index is 503. The molecule has 2 rings (SSSR count). The second-order valence-electron chi connectivity index (χ2n) is 8.15. The van der Waals surface area contributed by atoms with E-state index < -0.39 is 0 Å². The molecule has 0 aromatic heterocycles. The summed E-state index contributed by atoms with van der Waals surface area (Å²) in [4.78, 5) is 3.33. The van der Waals surface area contributed by atoms with Gasteiger partial charge in [0.1, 0.15) is 45.1 Å². The van der Waals surface area contributed by atoms with E-state index in [0.717, 1.165) is 18.9 Å². The molecular weight excluding hydrogens is 300 g/mol. The fourth-order valence-electron chi connectivity index (χ4n) is 3.09. The number of nitrogens with one attached hydrogen (secondary N) is 2. The fourth-order valence-corrected chi connectivity index (χ4v) is 3.09. The first kappa shape index (κ1) is 19.2. The molecule has 0 spiro atoms. The van der Waals surface area contributed by atoms with E-state index >= 15 is 0 Å². The summed E-state index contributed by atoms with van der Waals surface area (Å²) in [6.45, 7) is 17.2. The number of hydrogen-bond acceptors (Lipinski definition) is 2. The topological polar surface area (TPSA) is 27.3 Å².